The highest BCUT2D eigenvalue weighted by Crippen LogP contribution is 2.44. The first-order valence-corrected chi connectivity index (χ1v) is 12.1. The van der Waals surface area contributed by atoms with E-state index in [1.165, 1.54) is 12.1 Å². The number of nitrogens with one attached hydrogen (secondary N) is 2. The zero-order valence-corrected chi connectivity index (χ0v) is 20.7. The van der Waals surface area contributed by atoms with E-state index in [0.717, 1.165) is 22.3 Å². The summed E-state index contributed by atoms with van der Waals surface area (Å²) in [5, 5.41) is 14.6. The summed E-state index contributed by atoms with van der Waals surface area (Å²) in [5.41, 5.74) is 5.07. The van der Waals surface area contributed by atoms with Crippen molar-refractivity contribution in [2.24, 2.45) is 0 Å². The standard InChI is InChI=1S/C27H25BrN2O5/c1-16(10-11-25(31)30-19-13-17(26(32)33)12-18(28)14-19)29-27(34)35-15-24-22-8-4-2-6-20(22)21-7-3-5-9-23(21)24/h2-9,12-14,16,24H,10-11,15H2,1H3,(H,29,34)(H,30,31)(H,32,33). The second-order valence-corrected chi connectivity index (χ2v) is 9.41. The van der Waals surface area contributed by atoms with Gasteiger partial charge in [0.25, 0.3) is 0 Å². The summed E-state index contributed by atoms with van der Waals surface area (Å²) in [5.74, 6) is -1.38. The highest BCUT2D eigenvalue weighted by Gasteiger charge is 2.29. The Morgan fingerprint density at radius 2 is 1.63 bits per heavy atom. The number of carboxylic acids is 1. The molecule has 8 heteroatoms. The molecule has 0 fully saturated rings. The van der Waals surface area contributed by atoms with Gasteiger partial charge in [0.15, 0.2) is 0 Å². The van der Waals surface area contributed by atoms with E-state index in [1.807, 2.05) is 24.3 Å². The summed E-state index contributed by atoms with van der Waals surface area (Å²) >= 11 is 3.24. The van der Waals surface area contributed by atoms with E-state index < -0.39 is 12.1 Å². The predicted octanol–water partition coefficient (Wildman–Crippen LogP) is 5.79. The molecule has 180 valence electrons. The number of hydrogen-bond donors (Lipinski definition) is 3. The third-order valence-electron chi connectivity index (χ3n) is 5.94. The van der Waals surface area contributed by atoms with Gasteiger partial charge in [0.2, 0.25) is 5.91 Å². The molecular weight excluding hydrogens is 512 g/mol. The molecule has 0 heterocycles. The van der Waals surface area contributed by atoms with Crippen molar-refractivity contribution < 1.29 is 24.2 Å². The molecule has 0 bridgehead atoms. The van der Waals surface area contributed by atoms with Crippen LogP contribution in [0.2, 0.25) is 0 Å². The first-order chi connectivity index (χ1) is 16.8. The van der Waals surface area contributed by atoms with Crippen LogP contribution in [0.25, 0.3) is 11.1 Å². The highest BCUT2D eigenvalue weighted by atomic mass is 79.9. The van der Waals surface area contributed by atoms with Crippen LogP contribution in [0.1, 0.15) is 47.2 Å². The summed E-state index contributed by atoms with van der Waals surface area (Å²) in [6.45, 7) is 2.03. The van der Waals surface area contributed by atoms with Crippen molar-refractivity contribution in [2.45, 2.75) is 31.7 Å². The Balaban J connectivity index is 1.26. The first-order valence-electron chi connectivity index (χ1n) is 11.3. The van der Waals surface area contributed by atoms with E-state index in [4.69, 9.17) is 9.84 Å². The van der Waals surface area contributed by atoms with Crippen molar-refractivity contribution in [2.75, 3.05) is 11.9 Å². The number of fused-ring (bicyclic) bond motifs is 3. The predicted molar refractivity (Wildman–Crippen MR) is 137 cm³/mol. The minimum Gasteiger partial charge on any atom is -0.478 e. The van der Waals surface area contributed by atoms with Crippen LogP contribution in [0.15, 0.2) is 71.2 Å². The Kier molecular flexibility index (Phi) is 7.51. The van der Waals surface area contributed by atoms with Gasteiger partial charge >= 0.3 is 12.1 Å². The highest BCUT2D eigenvalue weighted by molar-refractivity contribution is 9.10. The number of amides is 2. The molecule has 0 saturated heterocycles. The van der Waals surface area contributed by atoms with Crippen LogP contribution in [-0.4, -0.2) is 35.7 Å². The van der Waals surface area contributed by atoms with Crippen molar-refractivity contribution >= 4 is 39.6 Å². The van der Waals surface area contributed by atoms with Gasteiger partial charge in [0.05, 0.1) is 5.56 Å². The lowest BCUT2D eigenvalue weighted by Crippen LogP contribution is -2.34. The van der Waals surface area contributed by atoms with Crippen LogP contribution in [0.3, 0.4) is 0 Å². The fourth-order valence-corrected chi connectivity index (χ4v) is 4.76. The first kappa shape index (κ1) is 24.5. The lowest BCUT2D eigenvalue weighted by Gasteiger charge is -2.17. The molecule has 3 aromatic carbocycles. The van der Waals surface area contributed by atoms with Crippen LogP contribution in [-0.2, 0) is 9.53 Å². The number of benzene rings is 3. The summed E-state index contributed by atoms with van der Waals surface area (Å²) in [6, 6.07) is 20.5. The quantitative estimate of drug-likeness (QED) is 0.337. The second kappa shape index (κ2) is 10.7. The van der Waals surface area contributed by atoms with Crippen LogP contribution >= 0.6 is 15.9 Å². The van der Waals surface area contributed by atoms with Gasteiger partial charge in [0, 0.05) is 28.5 Å². The minimum absolute atomic E-state index is 0.0184. The number of alkyl carbamates (subject to hydrolysis) is 1. The Morgan fingerprint density at radius 1 is 1.00 bits per heavy atom. The fourth-order valence-electron chi connectivity index (χ4n) is 4.27. The maximum atomic E-state index is 12.4. The summed E-state index contributed by atoms with van der Waals surface area (Å²) in [6.07, 6.45) is 0.0214. The number of anilines is 1. The zero-order valence-electron chi connectivity index (χ0n) is 19.1. The molecule has 35 heavy (non-hydrogen) atoms. The number of halogens is 1. The molecule has 1 unspecified atom stereocenters. The monoisotopic (exact) mass is 536 g/mol. The molecule has 4 rings (SSSR count). The number of ether oxygens (including phenoxy) is 1. The van der Waals surface area contributed by atoms with Crippen LogP contribution in [0.4, 0.5) is 10.5 Å². The van der Waals surface area contributed by atoms with Gasteiger partial charge in [-0.15, -0.1) is 0 Å². The largest absolute Gasteiger partial charge is 0.478 e. The summed E-state index contributed by atoms with van der Waals surface area (Å²) in [7, 11) is 0. The van der Waals surface area contributed by atoms with Gasteiger partial charge in [-0.25, -0.2) is 9.59 Å². The van der Waals surface area contributed by atoms with E-state index in [1.54, 1.807) is 13.0 Å². The third-order valence-corrected chi connectivity index (χ3v) is 6.40. The molecule has 0 radical (unpaired) electrons. The molecular formula is C27H25BrN2O5. The van der Waals surface area contributed by atoms with Gasteiger partial charge < -0.3 is 20.5 Å². The topological polar surface area (TPSA) is 105 Å². The Labute approximate surface area is 211 Å². The third kappa shape index (κ3) is 5.89. The molecule has 7 nitrogen and oxygen atoms in total. The van der Waals surface area contributed by atoms with E-state index in [2.05, 4.69) is 50.8 Å². The SMILES string of the molecule is CC(CCC(=O)Nc1cc(Br)cc(C(=O)O)c1)NC(=O)OCC1c2ccccc2-c2ccccc21. The lowest BCUT2D eigenvalue weighted by atomic mass is 9.98. The molecule has 0 spiro atoms. The van der Waals surface area contributed by atoms with Crippen LogP contribution in [0.5, 0.6) is 0 Å². The molecule has 0 aliphatic heterocycles. The normalized spacial score (nSPS) is 12.9. The van der Waals surface area contributed by atoms with Crippen molar-refractivity contribution in [1.82, 2.24) is 5.32 Å². The molecule has 2 amide bonds. The second-order valence-electron chi connectivity index (χ2n) is 8.49. The van der Waals surface area contributed by atoms with Gasteiger partial charge in [-0.2, -0.15) is 0 Å². The molecule has 1 aliphatic carbocycles. The fraction of sp³-hybridized carbons (Fsp3) is 0.222. The Hall–Kier alpha value is -3.65. The maximum absolute atomic E-state index is 12.4. The zero-order chi connectivity index (χ0) is 24.9. The number of rotatable bonds is 8. The Bertz CT molecular complexity index is 1230. The smallest absolute Gasteiger partial charge is 0.407 e. The molecule has 1 atom stereocenters. The van der Waals surface area contributed by atoms with Crippen molar-refractivity contribution in [3.63, 3.8) is 0 Å². The van der Waals surface area contributed by atoms with E-state index in [-0.39, 0.29) is 36.5 Å². The average molecular weight is 537 g/mol. The van der Waals surface area contributed by atoms with E-state index >= 15 is 0 Å². The molecule has 1 aliphatic rings. The molecule has 0 saturated carbocycles. The van der Waals surface area contributed by atoms with Gasteiger partial charge in [-0.3, -0.25) is 4.79 Å². The minimum atomic E-state index is -1.08. The summed E-state index contributed by atoms with van der Waals surface area (Å²) in [4.78, 5) is 35.9. The molecule has 3 N–H and O–H groups in total. The average Bonchev–Trinajstić information content (AvgIpc) is 3.15. The van der Waals surface area contributed by atoms with E-state index in [0.29, 0.717) is 16.6 Å². The van der Waals surface area contributed by atoms with E-state index in [9.17, 15) is 14.4 Å². The Morgan fingerprint density at radius 3 is 2.26 bits per heavy atom. The molecule has 0 aromatic heterocycles. The van der Waals surface area contributed by atoms with Crippen LogP contribution < -0.4 is 10.6 Å². The lowest BCUT2D eigenvalue weighted by molar-refractivity contribution is -0.116. The number of hydrogen-bond acceptors (Lipinski definition) is 4. The number of carboxylic acid groups (broad SMARTS) is 1. The maximum Gasteiger partial charge on any atom is 0.407 e. The number of aromatic carboxylic acids is 1. The number of carbonyl (C=O) groups excluding carboxylic acids is 2. The van der Waals surface area contributed by atoms with Gasteiger partial charge in [-0.1, -0.05) is 64.5 Å². The van der Waals surface area contributed by atoms with Crippen LogP contribution in [0, 0.1) is 0 Å². The molecule has 3 aromatic rings. The van der Waals surface area contributed by atoms with Gasteiger partial charge in [0.1, 0.15) is 6.61 Å². The number of carbonyl (C=O) groups is 3. The summed E-state index contributed by atoms with van der Waals surface area (Å²) < 4.78 is 6.10. The van der Waals surface area contributed by atoms with Gasteiger partial charge in [-0.05, 0) is 53.8 Å². The van der Waals surface area contributed by atoms with Crippen molar-refractivity contribution in [1.29, 1.82) is 0 Å². The van der Waals surface area contributed by atoms with Crippen molar-refractivity contribution in [3.05, 3.63) is 87.9 Å². The van der Waals surface area contributed by atoms with Crippen molar-refractivity contribution in [3.8, 4) is 11.1 Å².